The van der Waals surface area contributed by atoms with Crippen LogP contribution in [0.15, 0.2) is 127 Å². The van der Waals surface area contributed by atoms with Crippen molar-refractivity contribution in [3.05, 3.63) is 127 Å². The molecule has 2 aliphatic carbocycles. The quantitative estimate of drug-likeness (QED) is 0.215. The Morgan fingerprint density at radius 3 is 2.31 bits per heavy atom. The van der Waals surface area contributed by atoms with E-state index in [9.17, 15) is 0 Å². The highest BCUT2D eigenvalue weighted by Gasteiger charge is 2.45. The lowest BCUT2D eigenvalue weighted by Gasteiger charge is -2.42. The fourth-order valence-corrected chi connectivity index (χ4v) is 8.26. The van der Waals surface area contributed by atoms with Gasteiger partial charge in [0.25, 0.3) is 6.71 Å². The summed E-state index contributed by atoms with van der Waals surface area (Å²) in [5, 5.41) is 3.99. The highest BCUT2D eigenvalue weighted by molar-refractivity contribution is 7.00. The van der Waals surface area contributed by atoms with E-state index in [0.29, 0.717) is 0 Å². The zero-order chi connectivity index (χ0) is 27.4. The van der Waals surface area contributed by atoms with Gasteiger partial charge in [0.05, 0.1) is 28.3 Å². The SMILES string of the molecule is C1=CCCC(n2c3c(c4ccccc42)-n2c4ccccc4c4ccc5c(c42)B3c2ccccc2N5C2C=CC=CC2)=C1. The van der Waals surface area contributed by atoms with Crippen molar-refractivity contribution in [1.82, 2.24) is 9.13 Å². The van der Waals surface area contributed by atoms with Crippen molar-refractivity contribution in [1.29, 1.82) is 0 Å². The first-order chi connectivity index (χ1) is 20.9. The molecule has 3 nitrogen and oxygen atoms in total. The topological polar surface area (TPSA) is 13.1 Å². The molecule has 0 radical (unpaired) electrons. The van der Waals surface area contributed by atoms with Crippen molar-refractivity contribution in [3.63, 3.8) is 0 Å². The number of para-hydroxylation sites is 3. The first-order valence-corrected chi connectivity index (χ1v) is 15.2. The molecule has 2 aliphatic heterocycles. The van der Waals surface area contributed by atoms with E-state index < -0.39 is 0 Å². The van der Waals surface area contributed by atoms with Crippen LogP contribution >= 0.6 is 0 Å². The molecule has 0 spiro atoms. The first-order valence-electron chi connectivity index (χ1n) is 15.2. The summed E-state index contributed by atoms with van der Waals surface area (Å²) in [6.45, 7) is 0.130. The van der Waals surface area contributed by atoms with Gasteiger partial charge in [0, 0.05) is 38.8 Å². The normalized spacial score (nSPS) is 18.2. The zero-order valence-electron chi connectivity index (χ0n) is 23.2. The summed E-state index contributed by atoms with van der Waals surface area (Å²) in [5.74, 6) is 0. The van der Waals surface area contributed by atoms with Crippen molar-refractivity contribution in [3.8, 4) is 5.69 Å². The predicted molar refractivity (Wildman–Crippen MR) is 179 cm³/mol. The molecular formula is C38H28BN3. The molecule has 198 valence electrons. The molecule has 0 N–H and O–H groups in total. The van der Waals surface area contributed by atoms with Crippen LogP contribution in [0.4, 0.5) is 11.4 Å². The largest absolute Gasteiger partial charge is 0.335 e. The first kappa shape index (κ1) is 22.7. The van der Waals surface area contributed by atoms with Crippen LogP contribution in [0.25, 0.3) is 44.1 Å². The molecule has 0 amide bonds. The minimum atomic E-state index is 0.130. The third kappa shape index (κ3) is 2.77. The van der Waals surface area contributed by atoms with Crippen LogP contribution in [0.5, 0.6) is 0 Å². The minimum absolute atomic E-state index is 0.130. The fraction of sp³-hybridized carbons (Fsp3) is 0.105. The molecule has 0 fully saturated rings. The zero-order valence-corrected chi connectivity index (χ0v) is 23.2. The summed E-state index contributed by atoms with van der Waals surface area (Å²) in [6.07, 6.45) is 19.0. The molecule has 6 aromatic rings. The number of nitrogens with zero attached hydrogens (tertiary/aromatic N) is 3. The summed E-state index contributed by atoms with van der Waals surface area (Å²) < 4.78 is 5.23. The second kappa shape index (κ2) is 8.30. The molecule has 2 aromatic heterocycles. The lowest BCUT2D eigenvalue weighted by Crippen LogP contribution is -2.63. The number of allylic oxidation sites excluding steroid dienone is 6. The summed E-state index contributed by atoms with van der Waals surface area (Å²) in [6, 6.07) is 32.3. The van der Waals surface area contributed by atoms with Gasteiger partial charge in [-0.1, -0.05) is 97.1 Å². The predicted octanol–water partition coefficient (Wildman–Crippen LogP) is 7.10. The van der Waals surface area contributed by atoms with Gasteiger partial charge in [0.2, 0.25) is 0 Å². The number of anilines is 2. The van der Waals surface area contributed by atoms with Crippen LogP contribution in [-0.4, -0.2) is 21.9 Å². The molecule has 4 aromatic carbocycles. The minimum Gasteiger partial charge on any atom is -0.335 e. The Morgan fingerprint density at radius 1 is 0.667 bits per heavy atom. The van der Waals surface area contributed by atoms with Gasteiger partial charge in [-0.3, -0.25) is 0 Å². The Morgan fingerprint density at radius 2 is 1.48 bits per heavy atom. The molecule has 4 heteroatoms. The summed E-state index contributed by atoms with van der Waals surface area (Å²) in [7, 11) is 0. The van der Waals surface area contributed by atoms with Gasteiger partial charge in [-0.15, -0.1) is 0 Å². The Hall–Kier alpha value is -4.96. The van der Waals surface area contributed by atoms with E-state index in [1.807, 2.05) is 0 Å². The van der Waals surface area contributed by atoms with E-state index in [4.69, 9.17) is 0 Å². The number of rotatable bonds is 2. The van der Waals surface area contributed by atoms with Crippen molar-refractivity contribution < 1.29 is 0 Å². The lowest BCUT2D eigenvalue weighted by molar-refractivity contribution is 0.787. The molecule has 0 saturated heterocycles. The van der Waals surface area contributed by atoms with E-state index in [1.54, 1.807) is 0 Å². The highest BCUT2D eigenvalue weighted by Crippen LogP contribution is 2.43. The van der Waals surface area contributed by atoms with Gasteiger partial charge in [0.15, 0.2) is 0 Å². The monoisotopic (exact) mass is 537 g/mol. The van der Waals surface area contributed by atoms with E-state index in [1.165, 1.54) is 72.0 Å². The average molecular weight is 537 g/mol. The highest BCUT2D eigenvalue weighted by atomic mass is 15.2. The van der Waals surface area contributed by atoms with Gasteiger partial charge in [0.1, 0.15) is 0 Å². The maximum absolute atomic E-state index is 2.62. The smallest absolute Gasteiger partial charge is 0.273 e. The van der Waals surface area contributed by atoms with E-state index in [2.05, 4.69) is 141 Å². The number of hydrogen-bond donors (Lipinski definition) is 0. The Bertz CT molecular complexity index is 2260. The van der Waals surface area contributed by atoms with Gasteiger partial charge in [-0.25, -0.2) is 0 Å². The molecule has 10 rings (SSSR count). The molecule has 0 saturated carbocycles. The number of aromatic nitrogens is 2. The van der Waals surface area contributed by atoms with Crippen LogP contribution in [0.2, 0.25) is 0 Å². The van der Waals surface area contributed by atoms with Crippen molar-refractivity contribution >= 4 is 73.0 Å². The molecule has 4 heterocycles. The number of hydrogen-bond acceptors (Lipinski definition) is 1. The second-order valence-electron chi connectivity index (χ2n) is 11.9. The van der Waals surface area contributed by atoms with E-state index in [-0.39, 0.29) is 12.8 Å². The molecule has 1 unspecified atom stereocenters. The molecule has 0 bridgehead atoms. The van der Waals surface area contributed by atoms with Gasteiger partial charge in [-0.2, -0.15) is 0 Å². The Balaban J connectivity index is 1.43. The summed E-state index contributed by atoms with van der Waals surface area (Å²) >= 11 is 0. The second-order valence-corrected chi connectivity index (χ2v) is 11.9. The molecule has 42 heavy (non-hydrogen) atoms. The van der Waals surface area contributed by atoms with Gasteiger partial charge >= 0.3 is 0 Å². The average Bonchev–Trinajstić information content (AvgIpc) is 3.58. The lowest BCUT2D eigenvalue weighted by atomic mass is 9.35. The van der Waals surface area contributed by atoms with Gasteiger partial charge in [-0.05, 0) is 60.5 Å². The third-order valence-electron chi connectivity index (χ3n) is 9.86. The molecule has 1 atom stereocenters. The maximum atomic E-state index is 2.62. The van der Waals surface area contributed by atoms with Crippen molar-refractivity contribution in [2.24, 2.45) is 0 Å². The van der Waals surface area contributed by atoms with Crippen molar-refractivity contribution in [2.45, 2.75) is 25.3 Å². The third-order valence-corrected chi connectivity index (χ3v) is 9.86. The standard InChI is InChI=1S/C38H28BN3/c1-3-13-25(14-4-1)40-33-22-12-9-19-30(33)39-35-34(40)24-23-28-27-17-7-10-20-31(27)42(36(28)35)37-29-18-8-11-21-32(29)41(38(37)39)26-15-5-2-6-16-26/h1-5,7-13,15,17-25H,6,14,16H2. The van der Waals surface area contributed by atoms with Crippen LogP contribution in [0.1, 0.15) is 19.3 Å². The number of fused-ring (bicyclic) bond motifs is 10. The number of benzene rings is 4. The van der Waals surface area contributed by atoms with E-state index in [0.717, 1.165) is 19.3 Å². The maximum Gasteiger partial charge on any atom is 0.273 e. The fourth-order valence-electron chi connectivity index (χ4n) is 8.26. The van der Waals surface area contributed by atoms with Crippen LogP contribution < -0.4 is 21.4 Å². The summed E-state index contributed by atoms with van der Waals surface area (Å²) in [4.78, 5) is 2.61. The Kier molecular flexibility index (Phi) is 4.48. The van der Waals surface area contributed by atoms with Crippen LogP contribution in [-0.2, 0) is 0 Å². The van der Waals surface area contributed by atoms with Crippen molar-refractivity contribution in [2.75, 3.05) is 4.90 Å². The van der Waals surface area contributed by atoms with Crippen LogP contribution in [0, 0.1) is 0 Å². The van der Waals surface area contributed by atoms with E-state index >= 15 is 0 Å². The summed E-state index contributed by atoms with van der Waals surface area (Å²) in [5.41, 5.74) is 13.5. The molecular weight excluding hydrogens is 509 g/mol. The van der Waals surface area contributed by atoms with Gasteiger partial charge < -0.3 is 14.0 Å². The Labute approximate surface area is 245 Å². The molecule has 4 aliphatic rings. The van der Waals surface area contributed by atoms with Crippen LogP contribution in [0.3, 0.4) is 0 Å².